The van der Waals surface area contributed by atoms with E-state index in [2.05, 4.69) is 10.3 Å². The van der Waals surface area contributed by atoms with Crippen LogP contribution in [-0.4, -0.2) is 58.2 Å². The van der Waals surface area contributed by atoms with Gasteiger partial charge < -0.3 is 20.1 Å². The lowest BCUT2D eigenvalue weighted by molar-refractivity contribution is -0.139. The van der Waals surface area contributed by atoms with Gasteiger partial charge in [-0.25, -0.2) is 4.79 Å². The van der Waals surface area contributed by atoms with Gasteiger partial charge in [0.15, 0.2) is 12.4 Å². The number of ether oxygens (including phenoxy) is 1. The zero-order valence-corrected chi connectivity index (χ0v) is 20.6. The Labute approximate surface area is 218 Å². The average molecular weight is 521 g/mol. The number of carboxylic acids is 1. The van der Waals surface area contributed by atoms with Gasteiger partial charge in [-0.2, -0.15) is 0 Å². The van der Waals surface area contributed by atoms with Crippen molar-refractivity contribution in [2.45, 2.75) is 19.3 Å². The molecule has 4 rings (SSSR count). The minimum Gasteiger partial charge on any atom is -0.482 e. The molecular weight excluding hydrogens is 496 g/mol. The number of amides is 1. The Hall–Kier alpha value is -4.24. The molecule has 10 heteroatoms. The highest BCUT2D eigenvalue weighted by atomic mass is 35.5. The number of anilines is 1. The molecule has 2 heterocycles. The molecule has 0 aliphatic carbocycles. The van der Waals surface area contributed by atoms with E-state index in [1.54, 1.807) is 36.4 Å². The topological polar surface area (TPSA) is 133 Å². The molecule has 37 heavy (non-hydrogen) atoms. The molecule has 0 saturated carbocycles. The highest BCUT2D eigenvalue weighted by Crippen LogP contribution is 2.25. The second-order valence-corrected chi connectivity index (χ2v) is 8.97. The summed E-state index contributed by atoms with van der Waals surface area (Å²) in [6.07, 6.45) is 3.51. The molecule has 0 atom stereocenters. The summed E-state index contributed by atoms with van der Waals surface area (Å²) in [5, 5.41) is 20.5. The number of Topliss-reactive ketones (excluding diaryl/α,β-unsaturated/α-hetero) is 1. The number of amidine groups is 1. The van der Waals surface area contributed by atoms with E-state index in [1.165, 1.54) is 24.4 Å². The molecule has 0 unspecified atom stereocenters. The van der Waals surface area contributed by atoms with Crippen LogP contribution in [0.15, 0.2) is 60.8 Å². The first-order valence-corrected chi connectivity index (χ1v) is 12.1. The van der Waals surface area contributed by atoms with Crippen molar-refractivity contribution in [1.82, 2.24) is 9.88 Å². The Morgan fingerprint density at radius 2 is 1.73 bits per heavy atom. The molecule has 0 spiro atoms. The minimum absolute atomic E-state index is 0.0598. The van der Waals surface area contributed by atoms with Crippen molar-refractivity contribution < 1.29 is 24.2 Å². The predicted molar refractivity (Wildman–Crippen MR) is 139 cm³/mol. The number of ketones is 1. The van der Waals surface area contributed by atoms with Crippen LogP contribution in [0.4, 0.5) is 5.69 Å². The SMILES string of the molecule is N=C(c1ccc(C(=O)Nc2ccc(OCC(=O)O)cc2C(=O)Cc2ccc(Cl)cn2)cc1)N1CCCC1. The number of carbonyl (C=O) groups is 3. The molecular formula is C27H25ClN4O5. The number of pyridine rings is 1. The summed E-state index contributed by atoms with van der Waals surface area (Å²) in [4.78, 5) is 43.2. The molecule has 0 radical (unpaired) electrons. The first-order valence-electron chi connectivity index (χ1n) is 11.7. The van der Waals surface area contributed by atoms with Crippen LogP contribution in [0.2, 0.25) is 5.02 Å². The standard InChI is InChI=1S/C27H25ClN4O5/c28-19-7-8-20(30-15-19)13-24(33)22-14-21(37-16-25(34)35)9-10-23(22)31-27(36)18-5-3-17(4-6-18)26(29)32-11-1-2-12-32/h3-10,14-15,29H,1-2,11-13,16H2,(H,31,36)(H,34,35). The Kier molecular flexibility index (Phi) is 8.15. The first kappa shape index (κ1) is 25.8. The van der Waals surface area contributed by atoms with Crippen LogP contribution in [0.5, 0.6) is 5.75 Å². The fourth-order valence-corrected chi connectivity index (χ4v) is 4.08. The summed E-state index contributed by atoms with van der Waals surface area (Å²) < 4.78 is 5.22. The van der Waals surface area contributed by atoms with Crippen molar-refractivity contribution in [2.75, 3.05) is 25.0 Å². The van der Waals surface area contributed by atoms with E-state index >= 15 is 0 Å². The van der Waals surface area contributed by atoms with Gasteiger partial charge in [0, 0.05) is 41.7 Å². The van der Waals surface area contributed by atoms with Crippen molar-refractivity contribution in [3.8, 4) is 5.75 Å². The quantitative estimate of drug-likeness (QED) is 0.218. The lowest BCUT2D eigenvalue weighted by Crippen LogP contribution is -2.27. The van der Waals surface area contributed by atoms with Gasteiger partial charge in [-0.1, -0.05) is 23.7 Å². The summed E-state index contributed by atoms with van der Waals surface area (Å²) in [7, 11) is 0. The number of aliphatic carboxylic acids is 1. The van der Waals surface area contributed by atoms with Crippen LogP contribution >= 0.6 is 11.6 Å². The van der Waals surface area contributed by atoms with E-state index in [1.807, 2.05) is 4.90 Å². The number of hydrogen-bond acceptors (Lipinski definition) is 6. The van der Waals surface area contributed by atoms with E-state index in [9.17, 15) is 14.4 Å². The van der Waals surface area contributed by atoms with E-state index in [0.717, 1.165) is 31.5 Å². The third kappa shape index (κ3) is 6.71. The molecule has 1 aliphatic rings. The van der Waals surface area contributed by atoms with Crippen LogP contribution in [0.25, 0.3) is 0 Å². The molecule has 9 nitrogen and oxygen atoms in total. The fraction of sp³-hybridized carbons (Fsp3) is 0.222. The molecule has 1 aromatic heterocycles. The molecule has 1 fully saturated rings. The monoisotopic (exact) mass is 520 g/mol. The molecule has 1 aliphatic heterocycles. The zero-order chi connectivity index (χ0) is 26.4. The maximum atomic E-state index is 13.1. The van der Waals surface area contributed by atoms with Gasteiger partial charge in [-0.05, 0) is 55.3 Å². The number of aromatic nitrogens is 1. The summed E-state index contributed by atoms with van der Waals surface area (Å²) in [5.74, 6) is -1.32. The van der Waals surface area contributed by atoms with Gasteiger partial charge in [0.2, 0.25) is 0 Å². The number of carboxylic acid groups (broad SMARTS) is 1. The first-order chi connectivity index (χ1) is 17.8. The lowest BCUT2D eigenvalue weighted by Gasteiger charge is -2.18. The Morgan fingerprint density at radius 1 is 1.03 bits per heavy atom. The number of halogens is 1. The number of carbonyl (C=O) groups excluding carboxylic acids is 2. The summed E-state index contributed by atoms with van der Waals surface area (Å²) in [6, 6.07) is 14.4. The third-order valence-electron chi connectivity index (χ3n) is 5.88. The molecule has 1 saturated heterocycles. The zero-order valence-electron chi connectivity index (χ0n) is 19.9. The van der Waals surface area contributed by atoms with Gasteiger partial charge in [-0.15, -0.1) is 0 Å². The predicted octanol–water partition coefficient (Wildman–Crippen LogP) is 4.30. The van der Waals surface area contributed by atoms with Crippen molar-refractivity contribution in [3.05, 3.63) is 88.2 Å². The maximum absolute atomic E-state index is 13.1. The normalized spacial score (nSPS) is 12.7. The Balaban J connectivity index is 1.53. The van der Waals surface area contributed by atoms with Crippen molar-refractivity contribution in [3.63, 3.8) is 0 Å². The van der Waals surface area contributed by atoms with Crippen LogP contribution < -0.4 is 10.1 Å². The van der Waals surface area contributed by atoms with E-state index < -0.39 is 18.5 Å². The van der Waals surface area contributed by atoms with E-state index in [-0.39, 0.29) is 29.2 Å². The van der Waals surface area contributed by atoms with Crippen molar-refractivity contribution in [1.29, 1.82) is 5.41 Å². The van der Waals surface area contributed by atoms with Gasteiger partial charge in [-0.3, -0.25) is 20.0 Å². The number of rotatable bonds is 9. The van der Waals surface area contributed by atoms with Gasteiger partial charge in [0.1, 0.15) is 11.6 Å². The van der Waals surface area contributed by atoms with Crippen LogP contribution in [0.1, 0.15) is 44.8 Å². The van der Waals surface area contributed by atoms with Crippen LogP contribution in [-0.2, 0) is 11.2 Å². The molecule has 2 aromatic carbocycles. The van der Waals surface area contributed by atoms with Crippen LogP contribution in [0.3, 0.4) is 0 Å². The minimum atomic E-state index is -1.16. The van der Waals surface area contributed by atoms with Crippen molar-refractivity contribution >= 4 is 40.8 Å². The highest BCUT2D eigenvalue weighted by molar-refractivity contribution is 6.30. The smallest absolute Gasteiger partial charge is 0.341 e. The fourth-order valence-electron chi connectivity index (χ4n) is 3.97. The van der Waals surface area contributed by atoms with Crippen molar-refractivity contribution in [2.24, 2.45) is 0 Å². The van der Waals surface area contributed by atoms with Gasteiger partial charge in [0.25, 0.3) is 5.91 Å². The van der Waals surface area contributed by atoms with Crippen LogP contribution in [0, 0.1) is 5.41 Å². The number of nitrogens with one attached hydrogen (secondary N) is 2. The second kappa shape index (κ2) is 11.7. The number of benzene rings is 2. The van der Waals surface area contributed by atoms with E-state index in [4.69, 9.17) is 26.9 Å². The van der Waals surface area contributed by atoms with Gasteiger partial charge >= 0.3 is 5.97 Å². The molecule has 190 valence electrons. The van der Waals surface area contributed by atoms with Gasteiger partial charge in [0.05, 0.1) is 17.1 Å². The van der Waals surface area contributed by atoms with E-state index in [0.29, 0.717) is 22.1 Å². The largest absolute Gasteiger partial charge is 0.482 e. The Bertz CT molecular complexity index is 1320. The summed E-state index contributed by atoms with van der Waals surface area (Å²) >= 11 is 5.87. The molecule has 0 bridgehead atoms. The number of hydrogen-bond donors (Lipinski definition) is 3. The average Bonchev–Trinajstić information content (AvgIpc) is 3.44. The molecule has 3 N–H and O–H groups in total. The summed E-state index contributed by atoms with van der Waals surface area (Å²) in [5.41, 5.74) is 1.98. The number of likely N-dealkylation sites (tertiary alicyclic amines) is 1. The third-order valence-corrected chi connectivity index (χ3v) is 6.10. The molecule has 3 aromatic rings. The summed E-state index contributed by atoms with van der Waals surface area (Å²) in [6.45, 7) is 1.14. The number of nitrogens with zero attached hydrogens (tertiary/aromatic N) is 2. The highest BCUT2D eigenvalue weighted by Gasteiger charge is 2.19. The Morgan fingerprint density at radius 3 is 2.38 bits per heavy atom. The lowest BCUT2D eigenvalue weighted by atomic mass is 10.0. The molecule has 1 amide bonds. The second-order valence-electron chi connectivity index (χ2n) is 8.53. The maximum Gasteiger partial charge on any atom is 0.341 e.